The Bertz CT molecular complexity index is 499. The van der Waals surface area contributed by atoms with E-state index in [-0.39, 0.29) is 17.2 Å². The van der Waals surface area contributed by atoms with E-state index in [1.54, 1.807) is 0 Å². The molecule has 0 heterocycles. The zero-order valence-electron chi connectivity index (χ0n) is 12.6. The van der Waals surface area contributed by atoms with Gasteiger partial charge >= 0.3 is 5.97 Å². The molecule has 1 aromatic carbocycles. The van der Waals surface area contributed by atoms with Crippen molar-refractivity contribution in [2.75, 3.05) is 5.32 Å². The van der Waals surface area contributed by atoms with Crippen LogP contribution < -0.4 is 5.32 Å². The molecule has 1 amide bonds. The quantitative estimate of drug-likeness (QED) is 0.504. The van der Waals surface area contributed by atoms with Crippen LogP contribution in [0.15, 0.2) is 18.2 Å². The van der Waals surface area contributed by atoms with Crippen molar-refractivity contribution >= 4 is 17.6 Å². The first kappa shape index (κ1) is 17.0. The second-order valence-electron chi connectivity index (χ2n) is 5.39. The van der Waals surface area contributed by atoms with Crippen molar-refractivity contribution in [3.8, 4) is 5.75 Å². The third-order valence-electron chi connectivity index (χ3n) is 3.35. The van der Waals surface area contributed by atoms with E-state index in [1.165, 1.54) is 24.6 Å². The maximum atomic E-state index is 11.9. The van der Waals surface area contributed by atoms with Gasteiger partial charge in [0, 0.05) is 12.1 Å². The highest BCUT2D eigenvalue weighted by atomic mass is 16.4. The number of carboxylic acids is 1. The second-order valence-corrected chi connectivity index (χ2v) is 5.39. The first-order chi connectivity index (χ1) is 9.93. The Kier molecular flexibility index (Phi) is 6.72. The fraction of sp³-hybridized carbons (Fsp3) is 0.500. The molecule has 0 aliphatic rings. The molecule has 0 spiro atoms. The van der Waals surface area contributed by atoms with Crippen molar-refractivity contribution in [1.29, 1.82) is 0 Å². The number of anilines is 1. The molecule has 0 aromatic heterocycles. The number of aromatic carboxylic acids is 1. The molecule has 0 saturated heterocycles. The van der Waals surface area contributed by atoms with Crippen molar-refractivity contribution in [1.82, 2.24) is 0 Å². The molecule has 1 aromatic rings. The van der Waals surface area contributed by atoms with Crippen LogP contribution in [-0.4, -0.2) is 22.1 Å². The molecule has 1 atom stereocenters. The Labute approximate surface area is 125 Å². The average molecular weight is 293 g/mol. The Morgan fingerprint density at radius 1 is 1.29 bits per heavy atom. The highest BCUT2D eigenvalue weighted by Crippen LogP contribution is 2.22. The molecule has 1 rings (SSSR count). The van der Waals surface area contributed by atoms with Crippen LogP contribution in [-0.2, 0) is 4.79 Å². The molecule has 21 heavy (non-hydrogen) atoms. The van der Waals surface area contributed by atoms with E-state index in [0.29, 0.717) is 18.0 Å². The molecule has 0 aliphatic heterocycles. The molecule has 0 saturated carbocycles. The van der Waals surface area contributed by atoms with E-state index in [4.69, 9.17) is 5.11 Å². The first-order valence-electron chi connectivity index (χ1n) is 7.30. The SMILES string of the molecule is CCCCCC(C)CC(=O)Nc1ccc(O)c(C(=O)O)c1. The summed E-state index contributed by atoms with van der Waals surface area (Å²) in [5.74, 6) is -1.38. The number of unbranched alkanes of at least 4 members (excludes halogenated alkanes) is 2. The van der Waals surface area contributed by atoms with Crippen molar-refractivity contribution in [2.24, 2.45) is 5.92 Å². The Balaban J connectivity index is 2.55. The molecular weight excluding hydrogens is 270 g/mol. The fourth-order valence-electron chi connectivity index (χ4n) is 2.16. The monoisotopic (exact) mass is 293 g/mol. The van der Waals surface area contributed by atoms with Gasteiger partial charge in [-0.1, -0.05) is 39.5 Å². The maximum absolute atomic E-state index is 11.9. The third-order valence-corrected chi connectivity index (χ3v) is 3.35. The molecule has 116 valence electrons. The molecule has 5 nitrogen and oxygen atoms in total. The minimum Gasteiger partial charge on any atom is -0.507 e. The summed E-state index contributed by atoms with van der Waals surface area (Å²) < 4.78 is 0. The van der Waals surface area contributed by atoms with Crippen molar-refractivity contribution in [3.05, 3.63) is 23.8 Å². The molecule has 5 heteroatoms. The van der Waals surface area contributed by atoms with Gasteiger partial charge < -0.3 is 15.5 Å². The Hall–Kier alpha value is -2.04. The lowest BCUT2D eigenvalue weighted by molar-refractivity contribution is -0.117. The highest BCUT2D eigenvalue weighted by molar-refractivity contribution is 5.95. The van der Waals surface area contributed by atoms with Crippen LogP contribution in [0.25, 0.3) is 0 Å². The van der Waals surface area contributed by atoms with E-state index in [2.05, 4.69) is 12.2 Å². The van der Waals surface area contributed by atoms with Crippen LogP contribution in [0.3, 0.4) is 0 Å². The number of phenols is 1. The predicted molar refractivity (Wildman–Crippen MR) is 81.6 cm³/mol. The summed E-state index contributed by atoms with van der Waals surface area (Å²) in [6.45, 7) is 4.18. The molecule has 0 aliphatic carbocycles. The summed E-state index contributed by atoms with van der Waals surface area (Å²) in [4.78, 5) is 22.8. The summed E-state index contributed by atoms with van der Waals surface area (Å²) in [5, 5.41) is 21.0. The van der Waals surface area contributed by atoms with Gasteiger partial charge in [0.25, 0.3) is 0 Å². The molecule has 0 fully saturated rings. The number of rotatable bonds is 8. The van der Waals surface area contributed by atoms with Gasteiger partial charge in [-0.15, -0.1) is 0 Å². The van der Waals surface area contributed by atoms with Gasteiger partial charge in [-0.3, -0.25) is 4.79 Å². The van der Waals surface area contributed by atoms with Crippen molar-refractivity contribution < 1.29 is 19.8 Å². The molecule has 3 N–H and O–H groups in total. The lowest BCUT2D eigenvalue weighted by atomic mass is 9.99. The summed E-state index contributed by atoms with van der Waals surface area (Å²) >= 11 is 0. The zero-order chi connectivity index (χ0) is 15.8. The van der Waals surface area contributed by atoms with E-state index in [1.807, 2.05) is 6.92 Å². The summed E-state index contributed by atoms with van der Waals surface area (Å²) in [6, 6.07) is 4.02. The number of hydrogen-bond acceptors (Lipinski definition) is 3. The standard InChI is InChI=1S/C16H23NO4/c1-3-4-5-6-11(2)9-15(19)17-12-7-8-14(18)13(10-12)16(20)21/h7-8,10-11,18H,3-6,9H2,1-2H3,(H,17,19)(H,20,21). The Morgan fingerprint density at radius 3 is 2.62 bits per heavy atom. The number of benzene rings is 1. The van der Waals surface area contributed by atoms with Crippen LogP contribution in [0.5, 0.6) is 5.75 Å². The number of carboxylic acid groups (broad SMARTS) is 1. The number of carbonyl (C=O) groups excluding carboxylic acids is 1. The van der Waals surface area contributed by atoms with Crippen LogP contribution in [0.4, 0.5) is 5.69 Å². The number of amides is 1. The lowest BCUT2D eigenvalue weighted by Crippen LogP contribution is -2.15. The van der Waals surface area contributed by atoms with Crippen LogP contribution in [0.2, 0.25) is 0 Å². The molecule has 0 radical (unpaired) electrons. The van der Waals surface area contributed by atoms with Gasteiger partial charge in [0.1, 0.15) is 11.3 Å². The number of hydrogen-bond donors (Lipinski definition) is 3. The van der Waals surface area contributed by atoms with Gasteiger partial charge in [0.2, 0.25) is 5.91 Å². The average Bonchev–Trinajstić information content (AvgIpc) is 2.40. The zero-order valence-corrected chi connectivity index (χ0v) is 12.6. The summed E-state index contributed by atoms with van der Waals surface area (Å²) in [6.07, 6.45) is 4.87. The molecule has 1 unspecified atom stereocenters. The fourth-order valence-corrected chi connectivity index (χ4v) is 2.16. The highest BCUT2D eigenvalue weighted by Gasteiger charge is 2.13. The summed E-state index contributed by atoms with van der Waals surface area (Å²) in [7, 11) is 0. The van der Waals surface area contributed by atoms with Crippen LogP contribution in [0, 0.1) is 5.92 Å². The molecular formula is C16H23NO4. The van der Waals surface area contributed by atoms with Crippen molar-refractivity contribution in [3.63, 3.8) is 0 Å². The normalized spacial score (nSPS) is 11.9. The lowest BCUT2D eigenvalue weighted by Gasteiger charge is -2.12. The largest absolute Gasteiger partial charge is 0.507 e. The van der Waals surface area contributed by atoms with Gasteiger partial charge in [-0.2, -0.15) is 0 Å². The first-order valence-corrected chi connectivity index (χ1v) is 7.30. The van der Waals surface area contributed by atoms with Gasteiger partial charge in [0.15, 0.2) is 0 Å². The van der Waals surface area contributed by atoms with Gasteiger partial charge in [-0.25, -0.2) is 4.79 Å². The van der Waals surface area contributed by atoms with Gasteiger partial charge in [-0.05, 0) is 24.1 Å². The number of carbonyl (C=O) groups is 2. The Morgan fingerprint density at radius 2 is 2.00 bits per heavy atom. The van der Waals surface area contributed by atoms with E-state index in [9.17, 15) is 14.7 Å². The second kappa shape index (κ2) is 8.29. The topological polar surface area (TPSA) is 86.6 Å². The van der Waals surface area contributed by atoms with E-state index >= 15 is 0 Å². The third kappa shape index (κ3) is 5.85. The minimum absolute atomic E-state index is 0.138. The van der Waals surface area contributed by atoms with Gasteiger partial charge in [0.05, 0.1) is 0 Å². The number of aromatic hydroxyl groups is 1. The number of nitrogens with one attached hydrogen (secondary N) is 1. The summed E-state index contributed by atoms with van der Waals surface area (Å²) in [5.41, 5.74) is 0.166. The van der Waals surface area contributed by atoms with Crippen LogP contribution >= 0.6 is 0 Å². The predicted octanol–water partition coefficient (Wildman–Crippen LogP) is 3.64. The van der Waals surface area contributed by atoms with Crippen molar-refractivity contribution in [2.45, 2.75) is 46.0 Å². The minimum atomic E-state index is -1.23. The van der Waals surface area contributed by atoms with E-state index < -0.39 is 5.97 Å². The molecule has 0 bridgehead atoms. The van der Waals surface area contributed by atoms with Crippen LogP contribution in [0.1, 0.15) is 56.3 Å². The maximum Gasteiger partial charge on any atom is 0.339 e. The van der Waals surface area contributed by atoms with E-state index in [0.717, 1.165) is 19.3 Å². The smallest absolute Gasteiger partial charge is 0.339 e.